The van der Waals surface area contributed by atoms with Crippen LogP contribution in [0, 0.1) is 0 Å². The maximum Gasteiger partial charge on any atom is 0.246 e. The van der Waals surface area contributed by atoms with E-state index in [-0.39, 0.29) is 18.6 Å². The summed E-state index contributed by atoms with van der Waals surface area (Å²) in [5.74, 6) is 0.525. The molecule has 2 aromatic rings. The first kappa shape index (κ1) is 14.6. The van der Waals surface area contributed by atoms with Gasteiger partial charge in [0.1, 0.15) is 18.5 Å². The highest BCUT2D eigenvalue weighted by Gasteiger charge is 2.20. The van der Waals surface area contributed by atoms with Crippen molar-refractivity contribution < 1.29 is 9.53 Å². The van der Waals surface area contributed by atoms with Gasteiger partial charge < -0.3 is 14.6 Å². The molecule has 1 aromatic carbocycles. The highest BCUT2D eigenvalue weighted by Crippen LogP contribution is 2.23. The van der Waals surface area contributed by atoms with Gasteiger partial charge in [0.05, 0.1) is 0 Å². The lowest BCUT2D eigenvalue weighted by Crippen LogP contribution is -2.33. The number of carbonyl (C=O) groups is 1. The molecule has 106 valence electrons. The van der Waals surface area contributed by atoms with Gasteiger partial charge >= 0.3 is 0 Å². The van der Waals surface area contributed by atoms with Crippen LogP contribution in [0.1, 0.15) is 17.4 Å². The van der Waals surface area contributed by atoms with Gasteiger partial charge in [0, 0.05) is 31.6 Å². The van der Waals surface area contributed by atoms with Crippen LogP contribution in [0.25, 0.3) is 0 Å². The lowest BCUT2D eigenvalue weighted by Gasteiger charge is -2.19. The molecule has 1 unspecified atom stereocenters. The number of ether oxygens (including phenoxy) is 1. The Balaban J connectivity index is 2.34. The minimum Gasteiger partial charge on any atom is -0.375 e. The number of imidazole rings is 1. The number of rotatable bonds is 5. The molecule has 0 radical (unpaired) electrons. The van der Waals surface area contributed by atoms with Crippen LogP contribution < -0.4 is 5.32 Å². The Morgan fingerprint density at radius 3 is 2.95 bits per heavy atom. The molecule has 1 aromatic heterocycles. The number of benzene rings is 1. The van der Waals surface area contributed by atoms with Crippen molar-refractivity contribution in [1.82, 2.24) is 14.9 Å². The van der Waals surface area contributed by atoms with E-state index >= 15 is 0 Å². The van der Waals surface area contributed by atoms with Gasteiger partial charge in [-0.1, -0.05) is 23.7 Å². The molecule has 0 aliphatic rings. The Labute approximate surface area is 122 Å². The largest absolute Gasteiger partial charge is 0.375 e. The standard InChI is InChI=1S/C14H16ClN3O2/c1-18-7-6-16-14(18)13(17-12(19)9-20-2)10-4-3-5-11(15)8-10/h3-8,13H,9H2,1-2H3,(H,17,19). The highest BCUT2D eigenvalue weighted by molar-refractivity contribution is 6.30. The number of nitrogens with one attached hydrogen (secondary N) is 1. The Bertz CT molecular complexity index is 598. The van der Waals surface area contributed by atoms with Crippen molar-refractivity contribution in [3.8, 4) is 0 Å². The third kappa shape index (κ3) is 3.37. The lowest BCUT2D eigenvalue weighted by molar-refractivity contribution is -0.125. The summed E-state index contributed by atoms with van der Waals surface area (Å²) in [6.45, 7) is 0.00148. The molecule has 0 spiro atoms. The van der Waals surface area contributed by atoms with Crippen molar-refractivity contribution in [2.45, 2.75) is 6.04 Å². The van der Waals surface area contributed by atoms with Gasteiger partial charge in [0.25, 0.3) is 0 Å². The second kappa shape index (κ2) is 6.54. The molecule has 1 heterocycles. The number of hydrogen-bond acceptors (Lipinski definition) is 3. The van der Waals surface area contributed by atoms with Gasteiger partial charge in [-0.2, -0.15) is 0 Å². The summed E-state index contributed by atoms with van der Waals surface area (Å²) in [4.78, 5) is 16.1. The number of aromatic nitrogens is 2. The Kier molecular flexibility index (Phi) is 4.76. The Morgan fingerprint density at radius 1 is 1.55 bits per heavy atom. The van der Waals surface area contributed by atoms with Crippen molar-refractivity contribution in [1.29, 1.82) is 0 Å². The molecule has 0 saturated carbocycles. The zero-order valence-electron chi connectivity index (χ0n) is 11.3. The Hall–Kier alpha value is -1.85. The molecule has 0 fully saturated rings. The minimum atomic E-state index is -0.364. The first-order chi connectivity index (χ1) is 9.61. The summed E-state index contributed by atoms with van der Waals surface area (Å²) in [6, 6.07) is 6.98. The molecule has 1 N–H and O–H groups in total. The van der Waals surface area contributed by atoms with Crippen LogP contribution in [0.3, 0.4) is 0 Å². The molecule has 0 aliphatic carbocycles. The zero-order valence-corrected chi connectivity index (χ0v) is 12.1. The number of hydrogen-bond donors (Lipinski definition) is 1. The van der Waals surface area contributed by atoms with Gasteiger partial charge in [-0.15, -0.1) is 0 Å². The lowest BCUT2D eigenvalue weighted by atomic mass is 10.1. The van der Waals surface area contributed by atoms with E-state index in [0.29, 0.717) is 5.02 Å². The van der Waals surface area contributed by atoms with Crippen molar-refractivity contribution in [3.05, 3.63) is 53.1 Å². The topological polar surface area (TPSA) is 56.1 Å². The van der Waals surface area contributed by atoms with Crippen molar-refractivity contribution in [2.24, 2.45) is 7.05 Å². The van der Waals surface area contributed by atoms with Crippen LogP contribution >= 0.6 is 11.6 Å². The van der Waals surface area contributed by atoms with Crippen LogP contribution in [-0.2, 0) is 16.6 Å². The highest BCUT2D eigenvalue weighted by atomic mass is 35.5. The van der Waals surface area contributed by atoms with Crippen LogP contribution in [-0.4, -0.2) is 29.2 Å². The minimum absolute atomic E-state index is 0.00148. The molecule has 0 bridgehead atoms. The smallest absolute Gasteiger partial charge is 0.246 e. The quantitative estimate of drug-likeness (QED) is 0.916. The fraction of sp³-hybridized carbons (Fsp3) is 0.286. The summed E-state index contributed by atoms with van der Waals surface area (Å²) < 4.78 is 6.71. The molecule has 1 atom stereocenters. The average Bonchev–Trinajstić information content (AvgIpc) is 2.82. The number of nitrogens with zero attached hydrogens (tertiary/aromatic N) is 2. The van der Waals surface area contributed by atoms with Crippen LogP contribution in [0.5, 0.6) is 0 Å². The van der Waals surface area contributed by atoms with Gasteiger partial charge in [0.15, 0.2) is 0 Å². The van der Waals surface area contributed by atoms with E-state index in [1.165, 1.54) is 7.11 Å². The fourth-order valence-electron chi connectivity index (χ4n) is 1.97. The molecular weight excluding hydrogens is 278 g/mol. The van der Waals surface area contributed by atoms with Crippen molar-refractivity contribution in [3.63, 3.8) is 0 Å². The number of carbonyl (C=O) groups excluding carboxylic acids is 1. The zero-order chi connectivity index (χ0) is 14.5. The van der Waals surface area contributed by atoms with Crippen molar-refractivity contribution in [2.75, 3.05) is 13.7 Å². The summed E-state index contributed by atoms with van der Waals surface area (Å²) in [6.07, 6.45) is 3.52. The molecule has 5 nitrogen and oxygen atoms in total. The first-order valence-electron chi connectivity index (χ1n) is 6.13. The maximum atomic E-state index is 11.8. The molecule has 0 aliphatic heterocycles. The van der Waals surface area contributed by atoms with Gasteiger partial charge in [0.2, 0.25) is 5.91 Å². The van der Waals surface area contributed by atoms with Gasteiger partial charge in [-0.3, -0.25) is 4.79 Å². The normalized spacial score (nSPS) is 12.2. The predicted octanol–water partition coefficient (Wildman–Crippen LogP) is 1.93. The third-order valence-corrected chi connectivity index (χ3v) is 3.11. The van der Waals surface area contributed by atoms with E-state index in [1.54, 1.807) is 12.3 Å². The van der Waals surface area contributed by atoms with E-state index < -0.39 is 0 Å². The van der Waals surface area contributed by atoms with Gasteiger partial charge in [-0.05, 0) is 17.7 Å². The SMILES string of the molecule is COCC(=O)NC(c1cccc(Cl)c1)c1nccn1C. The predicted molar refractivity (Wildman–Crippen MR) is 76.5 cm³/mol. The molecular formula is C14H16ClN3O2. The monoisotopic (exact) mass is 293 g/mol. The van der Waals surface area contributed by atoms with Crippen LogP contribution in [0.2, 0.25) is 5.02 Å². The molecule has 0 saturated heterocycles. The van der Waals surface area contributed by atoms with E-state index in [2.05, 4.69) is 10.3 Å². The van der Waals surface area contributed by atoms with Crippen LogP contribution in [0.4, 0.5) is 0 Å². The summed E-state index contributed by atoms with van der Waals surface area (Å²) in [7, 11) is 3.36. The number of halogens is 1. The van der Waals surface area contributed by atoms with E-state index in [1.807, 2.05) is 36.0 Å². The number of aryl methyl sites for hydroxylation is 1. The molecule has 20 heavy (non-hydrogen) atoms. The van der Waals surface area contributed by atoms with E-state index in [9.17, 15) is 4.79 Å². The third-order valence-electron chi connectivity index (χ3n) is 2.88. The van der Waals surface area contributed by atoms with E-state index in [0.717, 1.165) is 11.4 Å². The number of methoxy groups -OCH3 is 1. The first-order valence-corrected chi connectivity index (χ1v) is 6.50. The van der Waals surface area contributed by atoms with Gasteiger partial charge in [-0.25, -0.2) is 4.98 Å². The number of amides is 1. The summed E-state index contributed by atoms with van der Waals surface area (Å²) in [5, 5.41) is 3.51. The summed E-state index contributed by atoms with van der Waals surface area (Å²) in [5.41, 5.74) is 0.872. The van der Waals surface area contributed by atoms with Crippen molar-refractivity contribution >= 4 is 17.5 Å². The van der Waals surface area contributed by atoms with E-state index in [4.69, 9.17) is 16.3 Å². The second-order valence-corrected chi connectivity index (χ2v) is 4.82. The average molecular weight is 294 g/mol. The molecule has 1 amide bonds. The summed E-state index contributed by atoms with van der Waals surface area (Å²) >= 11 is 6.02. The second-order valence-electron chi connectivity index (χ2n) is 4.38. The van der Waals surface area contributed by atoms with Crippen LogP contribution in [0.15, 0.2) is 36.7 Å². The molecule has 2 rings (SSSR count). The fourth-order valence-corrected chi connectivity index (χ4v) is 2.17. The Morgan fingerprint density at radius 2 is 2.35 bits per heavy atom. The molecule has 6 heteroatoms. The maximum absolute atomic E-state index is 11.8.